The first-order chi connectivity index (χ1) is 7.68. The van der Waals surface area contributed by atoms with Crippen LogP contribution in [0.25, 0.3) is 10.9 Å². The van der Waals surface area contributed by atoms with E-state index < -0.39 is 5.97 Å². The fraction of sp³-hybridized carbons (Fsp3) is 0.250. The van der Waals surface area contributed by atoms with Crippen LogP contribution in [0.5, 0.6) is 5.75 Å². The van der Waals surface area contributed by atoms with E-state index >= 15 is 0 Å². The molecule has 0 amide bonds. The molecule has 1 aromatic carbocycles. The summed E-state index contributed by atoms with van der Waals surface area (Å²) in [6, 6.07) is 7.18. The van der Waals surface area contributed by atoms with Crippen LogP contribution in [0.2, 0.25) is 0 Å². The van der Waals surface area contributed by atoms with E-state index in [1.807, 2.05) is 22.9 Å². The van der Waals surface area contributed by atoms with Gasteiger partial charge in [-0.3, -0.25) is 4.79 Å². The summed E-state index contributed by atoms with van der Waals surface area (Å²) in [5, 5.41) is 18.9. The number of phenolic OH excluding ortho intramolecular Hbond substituents is 1. The van der Waals surface area contributed by atoms with Gasteiger partial charge >= 0.3 is 5.97 Å². The topological polar surface area (TPSA) is 62.5 Å². The number of benzene rings is 1. The Morgan fingerprint density at radius 2 is 2.12 bits per heavy atom. The number of hydrogen-bond donors (Lipinski definition) is 2. The number of aliphatic carboxylic acids is 1. The molecule has 4 nitrogen and oxygen atoms in total. The van der Waals surface area contributed by atoms with Gasteiger partial charge in [-0.05, 0) is 24.6 Å². The third kappa shape index (κ3) is 2.00. The summed E-state index contributed by atoms with van der Waals surface area (Å²) >= 11 is 0. The Labute approximate surface area is 92.7 Å². The molecule has 0 radical (unpaired) electrons. The van der Waals surface area contributed by atoms with Crippen LogP contribution in [0, 0.1) is 0 Å². The molecule has 0 aliphatic rings. The molecular weight excluding hydrogens is 206 g/mol. The Morgan fingerprint density at radius 3 is 2.88 bits per heavy atom. The molecule has 0 saturated heterocycles. The number of rotatable bonds is 4. The average molecular weight is 219 g/mol. The molecule has 0 fully saturated rings. The maximum atomic E-state index is 10.4. The van der Waals surface area contributed by atoms with Gasteiger partial charge < -0.3 is 14.8 Å². The van der Waals surface area contributed by atoms with Gasteiger partial charge in [0, 0.05) is 24.5 Å². The lowest BCUT2D eigenvalue weighted by Gasteiger charge is -2.04. The van der Waals surface area contributed by atoms with Crippen LogP contribution in [-0.4, -0.2) is 20.7 Å². The zero-order chi connectivity index (χ0) is 11.5. The van der Waals surface area contributed by atoms with Crippen molar-refractivity contribution in [3.8, 4) is 5.75 Å². The summed E-state index contributed by atoms with van der Waals surface area (Å²) in [6.07, 6.45) is 2.62. The molecule has 0 unspecified atom stereocenters. The molecule has 0 aliphatic heterocycles. The molecule has 0 aliphatic carbocycles. The normalized spacial score (nSPS) is 10.8. The van der Waals surface area contributed by atoms with E-state index in [1.54, 1.807) is 12.1 Å². The summed E-state index contributed by atoms with van der Waals surface area (Å²) in [5.41, 5.74) is 0.936. The highest BCUT2D eigenvalue weighted by atomic mass is 16.4. The van der Waals surface area contributed by atoms with Gasteiger partial charge in [-0.1, -0.05) is 6.07 Å². The third-order valence-corrected chi connectivity index (χ3v) is 2.58. The molecule has 2 rings (SSSR count). The Balaban J connectivity index is 2.19. The van der Waals surface area contributed by atoms with Crippen molar-refractivity contribution in [2.24, 2.45) is 0 Å². The van der Waals surface area contributed by atoms with Crippen molar-refractivity contribution in [3.63, 3.8) is 0 Å². The molecule has 2 aromatic rings. The van der Waals surface area contributed by atoms with Crippen molar-refractivity contribution in [2.45, 2.75) is 19.4 Å². The van der Waals surface area contributed by atoms with Crippen LogP contribution >= 0.6 is 0 Å². The van der Waals surface area contributed by atoms with E-state index in [9.17, 15) is 9.90 Å². The lowest BCUT2D eigenvalue weighted by molar-refractivity contribution is -0.137. The summed E-state index contributed by atoms with van der Waals surface area (Å²) < 4.78 is 1.96. The van der Waals surface area contributed by atoms with Crippen molar-refractivity contribution in [2.75, 3.05) is 0 Å². The largest absolute Gasteiger partial charge is 0.507 e. The van der Waals surface area contributed by atoms with Gasteiger partial charge in [-0.2, -0.15) is 0 Å². The van der Waals surface area contributed by atoms with Gasteiger partial charge in [0.15, 0.2) is 0 Å². The first kappa shape index (κ1) is 10.5. The zero-order valence-corrected chi connectivity index (χ0v) is 8.76. The molecule has 1 heterocycles. The van der Waals surface area contributed by atoms with E-state index in [0.29, 0.717) is 13.0 Å². The number of carboxylic acids is 1. The highest BCUT2D eigenvalue weighted by molar-refractivity contribution is 5.86. The van der Waals surface area contributed by atoms with E-state index in [1.165, 1.54) is 0 Å². The number of carboxylic acid groups (broad SMARTS) is 1. The smallest absolute Gasteiger partial charge is 0.303 e. The van der Waals surface area contributed by atoms with E-state index in [2.05, 4.69) is 0 Å². The standard InChI is InChI=1S/C12H13NO3/c14-11-4-1-3-10-9(11)6-8-13(10)7-2-5-12(15)16/h1,3-4,6,8,14H,2,5,7H2,(H,15,16). The number of nitrogens with zero attached hydrogens (tertiary/aromatic N) is 1. The predicted molar refractivity (Wildman–Crippen MR) is 60.5 cm³/mol. The lowest BCUT2D eigenvalue weighted by atomic mass is 10.2. The minimum Gasteiger partial charge on any atom is -0.507 e. The molecule has 0 bridgehead atoms. The molecule has 2 N–H and O–H groups in total. The van der Waals surface area contributed by atoms with Gasteiger partial charge in [0.1, 0.15) is 5.75 Å². The van der Waals surface area contributed by atoms with Crippen LogP contribution in [0.4, 0.5) is 0 Å². The van der Waals surface area contributed by atoms with E-state index in [-0.39, 0.29) is 12.2 Å². The molecule has 16 heavy (non-hydrogen) atoms. The zero-order valence-electron chi connectivity index (χ0n) is 8.76. The van der Waals surface area contributed by atoms with Gasteiger partial charge in [0.2, 0.25) is 0 Å². The maximum absolute atomic E-state index is 10.4. The van der Waals surface area contributed by atoms with Gasteiger partial charge in [0.05, 0.1) is 5.52 Å². The first-order valence-corrected chi connectivity index (χ1v) is 5.17. The number of phenols is 1. The van der Waals surface area contributed by atoms with Crippen LogP contribution in [-0.2, 0) is 11.3 Å². The average Bonchev–Trinajstić information content (AvgIpc) is 2.63. The number of aromatic hydroxyl groups is 1. The maximum Gasteiger partial charge on any atom is 0.303 e. The summed E-state index contributed by atoms with van der Waals surface area (Å²) in [4.78, 5) is 10.4. The van der Waals surface area contributed by atoms with Crippen LogP contribution in [0.3, 0.4) is 0 Å². The lowest BCUT2D eigenvalue weighted by Crippen LogP contribution is -2.00. The van der Waals surface area contributed by atoms with Crippen molar-refractivity contribution in [1.82, 2.24) is 4.57 Å². The Morgan fingerprint density at radius 1 is 1.31 bits per heavy atom. The number of aryl methyl sites for hydroxylation is 1. The van der Waals surface area contributed by atoms with E-state index in [0.717, 1.165) is 10.9 Å². The third-order valence-electron chi connectivity index (χ3n) is 2.58. The summed E-state index contributed by atoms with van der Waals surface area (Å²) in [7, 11) is 0. The van der Waals surface area contributed by atoms with Crippen LogP contribution < -0.4 is 0 Å². The number of aromatic nitrogens is 1. The monoisotopic (exact) mass is 219 g/mol. The van der Waals surface area contributed by atoms with Crippen molar-refractivity contribution >= 4 is 16.9 Å². The number of hydrogen-bond acceptors (Lipinski definition) is 2. The Bertz CT molecular complexity index is 516. The fourth-order valence-electron chi connectivity index (χ4n) is 1.80. The van der Waals surface area contributed by atoms with Gasteiger partial charge in [-0.25, -0.2) is 0 Å². The molecule has 0 atom stereocenters. The molecular formula is C12H13NO3. The quantitative estimate of drug-likeness (QED) is 0.828. The highest BCUT2D eigenvalue weighted by Gasteiger charge is 2.04. The molecule has 0 spiro atoms. The number of carbonyl (C=O) groups is 1. The molecule has 84 valence electrons. The van der Waals surface area contributed by atoms with Crippen molar-refractivity contribution < 1.29 is 15.0 Å². The van der Waals surface area contributed by atoms with Crippen molar-refractivity contribution in [1.29, 1.82) is 0 Å². The highest BCUT2D eigenvalue weighted by Crippen LogP contribution is 2.25. The first-order valence-electron chi connectivity index (χ1n) is 5.17. The molecule has 4 heteroatoms. The molecule has 1 aromatic heterocycles. The Hall–Kier alpha value is -1.97. The Kier molecular flexibility index (Phi) is 2.81. The number of fused-ring (bicyclic) bond motifs is 1. The predicted octanol–water partition coefficient (Wildman–Crippen LogP) is 2.21. The molecule has 0 saturated carbocycles. The second-order valence-corrected chi connectivity index (χ2v) is 3.72. The minimum atomic E-state index is -0.778. The van der Waals surface area contributed by atoms with Gasteiger partial charge in [-0.15, -0.1) is 0 Å². The van der Waals surface area contributed by atoms with Gasteiger partial charge in [0.25, 0.3) is 0 Å². The van der Waals surface area contributed by atoms with E-state index in [4.69, 9.17) is 5.11 Å². The minimum absolute atomic E-state index is 0.165. The fourth-order valence-corrected chi connectivity index (χ4v) is 1.80. The van der Waals surface area contributed by atoms with Crippen LogP contribution in [0.15, 0.2) is 30.5 Å². The second-order valence-electron chi connectivity index (χ2n) is 3.72. The van der Waals surface area contributed by atoms with Crippen LogP contribution in [0.1, 0.15) is 12.8 Å². The SMILES string of the molecule is O=C(O)CCCn1ccc2c(O)cccc21. The summed E-state index contributed by atoms with van der Waals surface area (Å²) in [5.74, 6) is -0.520. The second kappa shape index (κ2) is 4.26. The summed E-state index contributed by atoms with van der Waals surface area (Å²) in [6.45, 7) is 0.652. The van der Waals surface area contributed by atoms with Crippen molar-refractivity contribution in [3.05, 3.63) is 30.5 Å².